The zero-order valence-electron chi connectivity index (χ0n) is 28.6. The molecular formula is C48H35NOS. The molecule has 0 saturated heterocycles. The van der Waals surface area contributed by atoms with E-state index in [2.05, 4.69) is 164 Å². The Morgan fingerprint density at radius 1 is 0.490 bits per heavy atom. The molecule has 1 heterocycles. The molecular weight excluding hydrogens is 639 g/mol. The van der Waals surface area contributed by atoms with Gasteiger partial charge in [-0.05, 0) is 115 Å². The molecule has 8 aromatic rings. The van der Waals surface area contributed by atoms with E-state index in [0.29, 0.717) is 0 Å². The fourth-order valence-electron chi connectivity index (χ4n) is 8.58. The number of fused-ring (bicyclic) bond motifs is 9. The summed E-state index contributed by atoms with van der Waals surface area (Å²) in [5.74, 6) is 4.15. The zero-order chi connectivity index (χ0) is 34.5. The van der Waals surface area contributed by atoms with E-state index in [1.54, 1.807) is 0 Å². The summed E-state index contributed by atoms with van der Waals surface area (Å²) in [7, 11) is -2.51. The molecule has 0 fully saturated rings. The van der Waals surface area contributed by atoms with Crippen molar-refractivity contribution in [3.63, 3.8) is 0 Å². The molecule has 0 saturated carbocycles. The number of nitrogens with zero attached hydrogens (tertiary/aromatic N) is 1. The summed E-state index contributed by atoms with van der Waals surface area (Å²) in [5, 5.41) is 4.91. The molecule has 1 atom stereocenters. The van der Waals surface area contributed by atoms with E-state index in [0.717, 1.165) is 49.1 Å². The molecule has 0 amide bonds. The summed E-state index contributed by atoms with van der Waals surface area (Å²) < 4.78 is 13.7. The molecule has 1 unspecified atom stereocenters. The minimum Gasteiger partial charge on any atom is -0.310 e. The average molecular weight is 674 g/mol. The van der Waals surface area contributed by atoms with Crippen molar-refractivity contribution in [3.8, 4) is 33.4 Å². The van der Waals surface area contributed by atoms with E-state index in [4.69, 9.17) is 0 Å². The van der Waals surface area contributed by atoms with Gasteiger partial charge in [0.25, 0.3) is 0 Å². The molecule has 10 rings (SSSR count). The van der Waals surface area contributed by atoms with Gasteiger partial charge in [-0.3, -0.25) is 4.21 Å². The van der Waals surface area contributed by atoms with E-state index in [-0.39, 0.29) is 5.41 Å². The molecule has 2 aliphatic rings. The Bertz CT molecular complexity index is 2850. The highest BCUT2D eigenvalue weighted by Gasteiger charge is 2.36. The van der Waals surface area contributed by atoms with Crippen LogP contribution in [-0.4, -0.2) is 10.1 Å². The Balaban J connectivity index is 1.15. The molecule has 0 radical (unpaired) electrons. The smallest absolute Gasteiger partial charge is 0.0546 e. The fraction of sp³-hybridized carbons (Fsp3) is 0.0625. The first-order valence-corrected chi connectivity index (χ1v) is 19.2. The first kappa shape index (κ1) is 30.0. The second kappa shape index (κ2) is 10.8. The Labute approximate surface area is 299 Å². The van der Waals surface area contributed by atoms with Gasteiger partial charge < -0.3 is 4.90 Å². The molecule has 0 aromatic heterocycles. The molecule has 244 valence electrons. The standard InChI is InChI=1S/C48H35NOS/c1-48(2)43-18-10-8-15-38(43)39-26-25-35(30-44(39)48)49(45-29-33-12-4-5-13-36(33)37-14-6-7-16-40(37)45)34-23-20-31(21-24-34)32-22-27-47-42(28-32)41-17-9-11-19-46(41)51(47,3)50/h4-30H,3H2,1-2H3. The highest BCUT2D eigenvalue weighted by atomic mass is 32.2. The summed E-state index contributed by atoms with van der Waals surface area (Å²) in [6.45, 7) is 4.68. The quantitative estimate of drug-likeness (QED) is 0.137. The van der Waals surface area contributed by atoms with E-state index in [9.17, 15) is 4.21 Å². The molecule has 0 bridgehead atoms. The van der Waals surface area contributed by atoms with Crippen molar-refractivity contribution < 1.29 is 4.21 Å². The van der Waals surface area contributed by atoms with Crippen molar-refractivity contribution in [1.29, 1.82) is 0 Å². The summed E-state index contributed by atoms with van der Waals surface area (Å²) in [6, 6.07) is 58.7. The van der Waals surface area contributed by atoms with Gasteiger partial charge in [0.05, 0.1) is 5.69 Å². The van der Waals surface area contributed by atoms with Crippen molar-refractivity contribution in [3.05, 3.63) is 175 Å². The lowest BCUT2D eigenvalue weighted by Crippen LogP contribution is -2.16. The van der Waals surface area contributed by atoms with Crippen LogP contribution in [0.25, 0.3) is 54.9 Å². The highest BCUT2D eigenvalue weighted by Crippen LogP contribution is 2.51. The lowest BCUT2D eigenvalue weighted by molar-refractivity contribution is 0.660. The van der Waals surface area contributed by atoms with Crippen LogP contribution in [0.1, 0.15) is 25.0 Å². The molecule has 8 aromatic carbocycles. The maximum absolute atomic E-state index is 13.7. The van der Waals surface area contributed by atoms with Gasteiger partial charge in [-0.15, -0.1) is 0 Å². The number of anilines is 3. The van der Waals surface area contributed by atoms with Crippen LogP contribution >= 0.6 is 0 Å². The van der Waals surface area contributed by atoms with Crippen molar-refractivity contribution in [1.82, 2.24) is 0 Å². The molecule has 1 aliphatic heterocycles. The normalized spacial score (nSPS) is 16.4. The van der Waals surface area contributed by atoms with E-state index >= 15 is 0 Å². The average Bonchev–Trinajstić information content (AvgIpc) is 3.54. The predicted octanol–water partition coefficient (Wildman–Crippen LogP) is 12.6. The topological polar surface area (TPSA) is 20.3 Å². The molecule has 0 N–H and O–H groups in total. The third-order valence-electron chi connectivity index (χ3n) is 11.1. The van der Waals surface area contributed by atoms with Crippen LogP contribution in [0.4, 0.5) is 17.1 Å². The summed E-state index contributed by atoms with van der Waals surface area (Å²) in [4.78, 5) is 4.07. The van der Waals surface area contributed by atoms with Crippen LogP contribution in [0.15, 0.2) is 174 Å². The van der Waals surface area contributed by atoms with Crippen LogP contribution in [0, 0.1) is 0 Å². The largest absolute Gasteiger partial charge is 0.310 e. The second-order valence-corrected chi connectivity index (χ2v) is 16.6. The van der Waals surface area contributed by atoms with Gasteiger partial charge in [-0.1, -0.05) is 129 Å². The third kappa shape index (κ3) is 4.35. The van der Waals surface area contributed by atoms with Gasteiger partial charge in [0.1, 0.15) is 0 Å². The van der Waals surface area contributed by atoms with Crippen molar-refractivity contribution in [2.75, 3.05) is 4.90 Å². The van der Waals surface area contributed by atoms with Crippen LogP contribution < -0.4 is 4.90 Å². The minimum atomic E-state index is -2.51. The van der Waals surface area contributed by atoms with Gasteiger partial charge in [-0.2, -0.15) is 0 Å². The zero-order valence-corrected chi connectivity index (χ0v) is 29.4. The Hall–Kier alpha value is -5.90. The van der Waals surface area contributed by atoms with Crippen molar-refractivity contribution in [2.45, 2.75) is 29.1 Å². The first-order chi connectivity index (χ1) is 24.8. The Morgan fingerprint density at radius 3 is 1.92 bits per heavy atom. The fourth-order valence-corrected chi connectivity index (χ4v) is 10.5. The number of hydrogen-bond acceptors (Lipinski definition) is 2. The van der Waals surface area contributed by atoms with Gasteiger partial charge in [-0.25, -0.2) is 0 Å². The van der Waals surface area contributed by atoms with Gasteiger partial charge in [0.2, 0.25) is 0 Å². The summed E-state index contributed by atoms with van der Waals surface area (Å²) in [5.41, 5.74) is 12.8. The van der Waals surface area contributed by atoms with E-state index in [1.165, 1.54) is 43.8 Å². The monoisotopic (exact) mass is 673 g/mol. The lowest BCUT2D eigenvalue weighted by atomic mass is 9.82. The van der Waals surface area contributed by atoms with Crippen LogP contribution in [-0.2, 0) is 14.9 Å². The third-order valence-corrected chi connectivity index (χ3v) is 13.3. The number of rotatable bonds is 4. The number of benzene rings is 8. The van der Waals surface area contributed by atoms with E-state index in [1.807, 2.05) is 24.3 Å². The maximum Gasteiger partial charge on any atom is 0.0546 e. The highest BCUT2D eigenvalue weighted by molar-refractivity contribution is 8.01. The summed E-state index contributed by atoms with van der Waals surface area (Å²) in [6.07, 6.45) is 0. The minimum absolute atomic E-state index is 0.119. The maximum atomic E-state index is 13.7. The Morgan fingerprint density at radius 2 is 1.10 bits per heavy atom. The first-order valence-electron chi connectivity index (χ1n) is 17.5. The number of hydrogen-bond donors (Lipinski definition) is 0. The van der Waals surface area contributed by atoms with E-state index < -0.39 is 9.52 Å². The summed E-state index contributed by atoms with van der Waals surface area (Å²) >= 11 is 0. The van der Waals surface area contributed by atoms with Crippen molar-refractivity contribution in [2.24, 2.45) is 0 Å². The Kier molecular flexibility index (Phi) is 6.35. The van der Waals surface area contributed by atoms with Gasteiger partial charge in [0, 0.05) is 41.5 Å². The van der Waals surface area contributed by atoms with Crippen LogP contribution in [0.5, 0.6) is 0 Å². The van der Waals surface area contributed by atoms with Crippen LogP contribution in [0.3, 0.4) is 0 Å². The molecule has 51 heavy (non-hydrogen) atoms. The lowest BCUT2D eigenvalue weighted by Gasteiger charge is -2.29. The molecule has 1 aliphatic carbocycles. The van der Waals surface area contributed by atoms with Gasteiger partial charge >= 0.3 is 0 Å². The molecule has 2 nitrogen and oxygen atoms in total. The predicted molar refractivity (Wildman–Crippen MR) is 216 cm³/mol. The molecule has 3 heteroatoms. The second-order valence-electron chi connectivity index (χ2n) is 14.3. The van der Waals surface area contributed by atoms with Gasteiger partial charge in [0.15, 0.2) is 0 Å². The molecule has 0 spiro atoms. The van der Waals surface area contributed by atoms with Crippen LogP contribution in [0.2, 0.25) is 0 Å². The van der Waals surface area contributed by atoms with Crippen molar-refractivity contribution >= 4 is 54.0 Å². The SMILES string of the molecule is C=S1(=O)c2ccccc2-c2cc(-c3ccc(N(c4ccc5c(c4)C(C)(C)c4ccccc4-5)c4cc5ccccc5c5ccccc45)cc3)ccc21.